The van der Waals surface area contributed by atoms with Crippen molar-refractivity contribution in [3.05, 3.63) is 15.6 Å². The van der Waals surface area contributed by atoms with E-state index >= 15 is 0 Å². The maximum atomic E-state index is 12.6. The molecule has 1 N–H and O–H groups in total. The summed E-state index contributed by atoms with van der Waals surface area (Å²) in [4.78, 5) is 30.6. The number of aryl methyl sites for hydroxylation is 1. The van der Waals surface area contributed by atoms with E-state index in [-0.39, 0.29) is 5.91 Å². The minimum Gasteiger partial charge on any atom is -0.481 e. The molecule has 5 nitrogen and oxygen atoms in total. The van der Waals surface area contributed by atoms with Gasteiger partial charge in [0.25, 0.3) is 5.91 Å². The summed E-state index contributed by atoms with van der Waals surface area (Å²) < 4.78 is 0. The summed E-state index contributed by atoms with van der Waals surface area (Å²) in [7, 11) is 0. The second-order valence-corrected chi connectivity index (χ2v) is 7.18. The first kappa shape index (κ1) is 14.5. The van der Waals surface area contributed by atoms with Crippen LogP contribution in [0, 0.1) is 18.8 Å². The summed E-state index contributed by atoms with van der Waals surface area (Å²) in [5.41, 5.74) is 0.790. The van der Waals surface area contributed by atoms with Crippen molar-refractivity contribution in [1.29, 1.82) is 0 Å². The lowest BCUT2D eigenvalue weighted by Gasteiger charge is -2.30. The largest absolute Gasteiger partial charge is 0.481 e. The smallest absolute Gasteiger partial charge is 0.308 e. The van der Waals surface area contributed by atoms with Gasteiger partial charge in [-0.05, 0) is 38.5 Å². The molecule has 0 spiro atoms. The molecule has 1 unspecified atom stereocenters. The molecule has 1 atom stereocenters. The summed E-state index contributed by atoms with van der Waals surface area (Å²) in [6, 6.07) is 0. The predicted molar refractivity (Wildman–Crippen MR) is 79.5 cm³/mol. The SMILES string of the molecule is Cc1nc(CC2CC2)sc1C(=O)N1CCCC(C(=O)O)C1. The third-order valence-corrected chi connectivity index (χ3v) is 5.42. The lowest BCUT2D eigenvalue weighted by molar-refractivity contribution is -0.143. The number of carboxylic acid groups (broad SMARTS) is 1. The van der Waals surface area contributed by atoms with Crippen LogP contribution in [0.15, 0.2) is 0 Å². The Kier molecular flexibility index (Phi) is 3.97. The first-order valence-electron chi connectivity index (χ1n) is 7.53. The molecule has 2 fully saturated rings. The topological polar surface area (TPSA) is 70.5 Å². The van der Waals surface area contributed by atoms with E-state index in [1.165, 1.54) is 24.2 Å². The molecule has 1 aliphatic carbocycles. The Labute approximate surface area is 128 Å². The Morgan fingerprint density at radius 2 is 2.14 bits per heavy atom. The molecule has 1 aromatic rings. The quantitative estimate of drug-likeness (QED) is 0.927. The Morgan fingerprint density at radius 3 is 2.81 bits per heavy atom. The monoisotopic (exact) mass is 308 g/mol. The highest BCUT2D eigenvalue weighted by Gasteiger charge is 2.31. The molecule has 3 rings (SSSR count). The molecule has 1 saturated heterocycles. The van der Waals surface area contributed by atoms with Crippen molar-refractivity contribution >= 4 is 23.2 Å². The summed E-state index contributed by atoms with van der Waals surface area (Å²) in [5.74, 6) is -0.521. The van der Waals surface area contributed by atoms with Gasteiger partial charge in [-0.3, -0.25) is 9.59 Å². The molecule has 21 heavy (non-hydrogen) atoms. The van der Waals surface area contributed by atoms with Crippen LogP contribution in [0.4, 0.5) is 0 Å². The van der Waals surface area contributed by atoms with Gasteiger partial charge in [-0.2, -0.15) is 0 Å². The van der Waals surface area contributed by atoms with E-state index in [2.05, 4.69) is 4.98 Å². The summed E-state index contributed by atoms with van der Waals surface area (Å²) >= 11 is 1.49. The summed E-state index contributed by atoms with van der Waals surface area (Å²) in [6.07, 6.45) is 4.95. The Hall–Kier alpha value is -1.43. The molecule has 2 heterocycles. The number of thiazole rings is 1. The molecule has 0 aromatic carbocycles. The molecule has 1 amide bonds. The molecule has 0 radical (unpaired) electrons. The average Bonchev–Trinajstić information content (AvgIpc) is 3.20. The van der Waals surface area contributed by atoms with Gasteiger partial charge in [0.05, 0.1) is 16.6 Å². The van der Waals surface area contributed by atoms with Crippen LogP contribution >= 0.6 is 11.3 Å². The van der Waals surface area contributed by atoms with Crippen LogP contribution in [0.1, 0.15) is 46.1 Å². The molecule has 6 heteroatoms. The standard InChI is InChI=1S/C15H20N2O3S/c1-9-13(21-12(16-9)7-10-4-5-10)14(18)17-6-2-3-11(8-17)15(19)20/h10-11H,2-8H2,1H3,(H,19,20). The maximum Gasteiger partial charge on any atom is 0.308 e. The summed E-state index contributed by atoms with van der Waals surface area (Å²) in [5, 5.41) is 10.2. The number of nitrogens with zero attached hydrogens (tertiary/aromatic N) is 2. The van der Waals surface area contributed by atoms with Crippen molar-refractivity contribution in [2.75, 3.05) is 13.1 Å². The first-order valence-corrected chi connectivity index (χ1v) is 8.34. The normalized spacial score (nSPS) is 22.3. The van der Waals surface area contributed by atoms with E-state index < -0.39 is 11.9 Å². The van der Waals surface area contributed by atoms with Crippen LogP contribution in [0.5, 0.6) is 0 Å². The Morgan fingerprint density at radius 1 is 1.38 bits per heavy atom. The van der Waals surface area contributed by atoms with E-state index in [1.54, 1.807) is 4.90 Å². The van der Waals surface area contributed by atoms with Gasteiger partial charge in [0, 0.05) is 19.5 Å². The fraction of sp³-hybridized carbons (Fsp3) is 0.667. The first-order chi connectivity index (χ1) is 10.0. The van der Waals surface area contributed by atoms with Gasteiger partial charge in [-0.1, -0.05) is 0 Å². The van der Waals surface area contributed by atoms with Crippen molar-refractivity contribution < 1.29 is 14.7 Å². The maximum absolute atomic E-state index is 12.6. The fourth-order valence-corrected chi connectivity index (χ4v) is 3.96. The van der Waals surface area contributed by atoms with Crippen molar-refractivity contribution in [3.8, 4) is 0 Å². The van der Waals surface area contributed by atoms with Crippen molar-refractivity contribution in [1.82, 2.24) is 9.88 Å². The predicted octanol–water partition coefficient (Wildman–Crippen LogP) is 2.34. The summed E-state index contributed by atoms with van der Waals surface area (Å²) in [6.45, 7) is 2.85. The molecule has 1 saturated carbocycles. The zero-order valence-corrected chi connectivity index (χ0v) is 13.0. The highest BCUT2D eigenvalue weighted by Crippen LogP contribution is 2.34. The number of aromatic nitrogens is 1. The third-order valence-electron chi connectivity index (χ3n) is 4.25. The number of amides is 1. The van der Waals surface area contributed by atoms with E-state index in [9.17, 15) is 9.59 Å². The van der Waals surface area contributed by atoms with Gasteiger partial charge < -0.3 is 10.0 Å². The van der Waals surface area contributed by atoms with Gasteiger partial charge in [0.15, 0.2) is 0 Å². The minimum absolute atomic E-state index is 0.0435. The van der Waals surface area contributed by atoms with Crippen molar-refractivity contribution in [2.45, 2.75) is 39.0 Å². The number of carbonyl (C=O) groups is 2. The van der Waals surface area contributed by atoms with Gasteiger partial charge in [-0.25, -0.2) is 4.98 Å². The number of hydrogen-bond donors (Lipinski definition) is 1. The molecule has 1 aliphatic heterocycles. The number of hydrogen-bond acceptors (Lipinski definition) is 4. The van der Waals surface area contributed by atoms with Crippen LogP contribution in [-0.4, -0.2) is 40.0 Å². The minimum atomic E-state index is -0.803. The number of carboxylic acids is 1. The number of rotatable bonds is 4. The number of likely N-dealkylation sites (tertiary alicyclic amines) is 1. The Balaban J connectivity index is 1.71. The van der Waals surface area contributed by atoms with E-state index in [0.29, 0.717) is 24.4 Å². The van der Waals surface area contributed by atoms with Gasteiger partial charge in [-0.15, -0.1) is 11.3 Å². The van der Waals surface area contributed by atoms with E-state index in [0.717, 1.165) is 29.5 Å². The second kappa shape index (κ2) is 5.75. The van der Waals surface area contributed by atoms with Crippen LogP contribution in [0.25, 0.3) is 0 Å². The zero-order valence-electron chi connectivity index (χ0n) is 12.2. The molecule has 2 aliphatic rings. The van der Waals surface area contributed by atoms with Gasteiger partial charge >= 0.3 is 5.97 Å². The number of aliphatic carboxylic acids is 1. The molecule has 0 bridgehead atoms. The van der Waals surface area contributed by atoms with Crippen LogP contribution < -0.4 is 0 Å². The third kappa shape index (κ3) is 3.26. The van der Waals surface area contributed by atoms with Gasteiger partial charge in [0.1, 0.15) is 4.88 Å². The highest BCUT2D eigenvalue weighted by atomic mass is 32.1. The number of carbonyl (C=O) groups excluding carboxylic acids is 1. The Bertz CT molecular complexity index is 565. The van der Waals surface area contributed by atoms with Crippen molar-refractivity contribution in [3.63, 3.8) is 0 Å². The van der Waals surface area contributed by atoms with Crippen LogP contribution in [0.2, 0.25) is 0 Å². The van der Waals surface area contributed by atoms with E-state index in [4.69, 9.17) is 5.11 Å². The zero-order chi connectivity index (χ0) is 15.0. The van der Waals surface area contributed by atoms with Gasteiger partial charge in [0.2, 0.25) is 0 Å². The van der Waals surface area contributed by atoms with Crippen LogP contribution in [-0.2, 0) is 11.2 Å². The molecule has 114 valence electrons. The second-order valence-electron chi connectivity index (χ2n) is 6.10. The molecule has 1 aromatic heterocycles. The lowest BCUT2D eigenvalue weighted by Crippen LogP contribution is -2.42. The molecular formula is C15H20N2O3S. The number of piperidine rings is 1. The fourth-order valence-electron chi connectivity index (χ4n) is 2.81. The molecular weight excluding hydrogens is 288 g/mol. The van der Waals surface area contributed by atoms with Crippen LogP contribution in [0.3, 0.4) is 0 Å². The lowest BCUT2D eigenvalue weighted by atomic mass is 9.98. The average molecular weight is 308 g/mol. The van der Waals surface area contributed by atoms with Crippen molar-refractivity contribution in [2.24, 2.45) is 11.8 Å². The highest BCUT2D eigenvalue weighted by molar-refractivity contribution is 7.13. The van der Waals surface area contributed by atoms with E-state index in [1.807, 2.05) is 6.92 Å².